The zero-order chi connectivity index (χ0) is 27.1. The summed E-state index contributed by atoms with van der Waals surface area (Å²) < 4.78 is 30.5. The molecule has 3 aromatic rings. The minimum absolute atomic E-state index is 0.0826. The van der Waals surface area contributed by atoms with E-state index in [9.17, 15) is 14.0 Å². The van der Waals surface area contributed by atoms with E-state index in [-0.39, 0.29) is 36.7 Å². The van der Waals surface area contributed by atoms with Gasteiger partial charge in [0.2, 0.25) is 0 Å². The number of amides is 1. The predicted octanol–water partition coefficient (Wildman–Crippen LogP) is 5.70. The molecule has 200 valence electrons. The summed E-state index contributed by atoms with van der Waals surface area (Å²) in [5.41, 5.74) is 3.00. The van der Waals surface area contributed by atoms with E-state index >= 15 is 0 Å². The van der Waals surface area contributed by atoms with Gasteiger partial charge in [0, 0.05) is 30.3 Å². The number of halogens is 1. The van der Waals surface area contributed by atoms with E-state index in [1.807, 2.05) is 26.0 Å². The first-order valence-electron chi connectivity index (χ1n) is 12.8. The maximum Gasteiger partial charge on any atom is 0.306 e. The molecule has 1 fully saturated rings. The van der Waals surface area contributed by atoms with Crippen LogP contribution in [0.2, 0.25) is 0 Å². The zero-order valence-corrected chi connectivity index (χ0v) is 22.0. The maximum atomic E-state index is 14.1. The maximum absolute atomic E-state index is 14.1. The Hall–Kier alpha value is -3.94. The number of methoxy groups -OCH3 is 1. The van der Waals surface area contributed by atoms with Gasteiger partial charge < -0.3 is 19.5 Å². The normalized spacial score (nSPS) is 12.8. The van der Waals surface area contributed by atoms with Crippen molar-refractivity contribution in [3.8, 4) is 22.8 Å². The van der Waals surface area contributed by atoms with Crippen molar-refractivity contribution in [2.45, 2.75) is 46.3 Å². The number of hydrogen-bond acceptors (Lipinski definition) is 6. The van der Waals surface area contributed by atoms with Gasteiger partial charge in [-0.3, -0.25) is 14.6 Å². The van der Waals surface area contributed by atoms with Crippen LogP contribution in [0.15, 0.2) is 54.7 Å². The van der Waals surface area contributed by atoms with E-state index in [4.69, 9.17) is 14.2 Å². The van der Waals surface area contributed by atoms with E-state index in [1.54, 1.807) is 30.5 Å². The van der Waals surface area contributed by atoms with Crippen molar-refractivity contribution in [1.82, 2.24) is 10.3 Å². The molecule has 1 aliphatic rings. The Bertz CT molecular complexity index is 1290. The Kier molecular flexibility index (Phi) is 8.94. The minimum Gasteiger partial charge on any atom is -0.494 e. The second kappa shape index (κ2) is 12.5. The predicted molar refractivity (Wildman–Crippen MR) is 141 cm³/mol. The number of carbonyl (C=O) groups excluding carboxylic acids is 2. The van der Waals surface area contributed by atoms with Crippen LogP contribution >= 0.6 is 0 Å². The Labute approximate surface area is 222 Å². The fourth-order valence-electron chi connectivity index (χ4n) is 3.94. The van der Waals surface area contributed by atoms with Crippen molar-refractivity contribution in [2.75, 3.05) is 13.7 Å². The highest BCUT2D eigenvalue weighted by Gasteiger charge is 2.24. The first-order chi connectivity index (χ1) is 18.3. The molecule has 0 bridgehead atoms. The van der Waals surface area contributed by atoms with Crippen molar-refractivity contribution in [3.05, 3.63) is 77.2 Å². The smallest absolute Gasteiger partial charge is 0.306 e. The molecule has 1 saturated carbocycles. The van der Waals surface area contributed by atoms with E-state index < -0.39 is 5.82 Å². The number of nitrogens with one attached hydrogen (secondary N) is 1. The third-order valence-electron chi connectivity index (χ3n) is 6.19. The molecule has 0 spiro atoms. The number of carbonyl (C=O) groups is 2. The molecule has 1 heterocycles. The number of esters is 1. The van der Waals surface area contributed by atoms with Gasteiger partial charge in [-0.05, 0) is 66.6 Å². The van der Waals surface area contributed by atoms with Gasteiger partial charge in [-0.25, -0.2) is 4.39 Å². The SMILES string of the molecule is COc1ccc(CNC(=O)c2cc(-c3ncccc3COC(=O)CC(C)C)ccc2OCC2CC2)cc1F. The van der Waals surface area contributed by atoms with Crippen molar-refractivity contribution in [1.29, 1.82) is 0 Å². The van der Waals surface area contributed by atoms with Gasteiger partial charge in [0.1, 0.15) is 12.4 Å². The number of ether oxygens (including phenoxy) is 3. The first-order valence-corrected chi connectivity index (χ1v) is 12.8. The molecule has 2 aromatic carbocycles. The van der Waals surface area contributed by atoms with Crippen LogP contribution in [-0.2, 0) is 22.7 Å². The van der Waals surface area contributed by atoms with Gasteiger partial charge in [0.15, 0.2) is 11.6 Å². The molecule has 0 unspecified atom stereocenters. The van der Waals surface area contributed by atoms with Crippen LogP contribution in [0.3, 0.4) is 0 Å². The van der Waals surface area contributed by atoms with Crippen LogP contribution < -0.4 is 14.8 Å². The third-order valence-corrected chi connectivity index (χ3v) is 6.19. The van der Waals surface area contributed by atoms with Crippen LogP contribution in [0.5, 0.6) is 11.5 Å². The molecular weight excluding hydrogens is 487 g/mol. The second-order valence-corrected chi connectivity index (χ2v) is 9.89. The summed E-state index contributed by atoms with van der Waals surface area (Å²) in [6.45, 7) is 4.68. The average molecular weight is 521 g/mol. The van der Waals surface area contributed by atoms with Crippen LogP contribution in [0, 0.1) is 17.7 Å². The summed E-state index contributed by atoms with van der Waals surface area (Å²) in [6.07, 6.45) is 4.24. The largest absolute Gasteiger partial charge is 0.494 e. The fourth-order valence-corrected chi connectivity index (χ4v) is 3.94. The zero-order valence-electron chi connectivity index (χ0n) is 22.0. The molecule has 8 heteroatoms. The van der Waals surface area contributed by atoms with Crippen LogP contribution in [-0.4, -0.2) is 30.6 Å². The Morgan fingerprint density at radius 2 is 1.89 bits per heavy atom. The lowest BCUT2D eigenvalue weighted by Gasteiger charge is -2.15. The van der Waals surface area contributed by atoms with Gasteiger partial charge in [0.25, 0.3) is 5.91 Å². The number of aromatic nitrogens is 1. The van der Waals surface area contributed by atoms with Gasteiger partial charge >= 0.3 is 5.97 Å². The number of hydrogen-bond donors (Lipinski definition) is 1. The van der Waals surface area contributed by atoms with Gasteiger partial charge in [-0.15, -0.1) is 0 Å². The van der Waals surface area contributed by atoms with E-state index in [2.05, 4.69) is 10.3 Å². The third kappa shape index (κ3) is 7.31. The number of benzene rings is 2. The van der Waals surface area contributed by atoms with Gasteiger partial charge in [-0.2, -0.15) is 0 Å². The van der Waals surface area contributed by atoms with Crippen LogP contribution in [0.25, 0.3) is 11.3 Å². The lowest BCUT2D eigenvalue weighted by molar-refractivity contribution is -0.145. The number of rotatable bonds is 12. The minimum atomic E-state index is -0.494. The molecule has 1 aliphatic carbocycles. The number of nitrogens with zero attached hydrogens (tertiary/aromatic N) is 1. The fraction of sp³-hybridized carbons (Fsp3) is 0.367. The van der Waals surface area contributed by atoms with Gasteiger partial charge in [0.05, 0.1) is 25.0 Å². The molecule has 1 amide bonds. The molecule has 38 heavy (non-hydrogen) atoms. The molecule has 0 atom stereocenters. The van der Waals surface area contributed by atoms with Crippen molar-refractivity contribution in [3.63, 3.8) is 0 Å². The van der Waals surface area contributed by atoms with Crippen LogP contribution in [0.4, 0.5) is 4.39 Å². The first kappa shape index (κ1) is 27.1. The summed E-state index contributed by atoms with van der Waals surface area (Å²) in [6, 6.07) is 13.5. The summed E-state index contributed by atoms with van der Waals surface area (Å²) in [5, 5.41) is 2.86. The molecular formula is C30H33FN2O5. The Balaban J connectivity index is 1.55. The Morgan fingerprint density at radius 3 is 2.61 bits per heavy atom. The summed E-state index contributed by atoms with van der Waals surface area (Å²) >= 11 is 0. The quantitative estimate of drug-likeness (QED) is 0.308. The highest BCUT2D eigenvalue weighted by molar-refractivity contribution is 5.98. The van der Waals surface area contributed by atoms with E-state index in [0.717, 1.165) is 18.4 Å². The lowest BCUT2D eigenvalue weighted by Crippen LogP contribution is -2.24. The van der Waals surface area contributed by atoms with Crippen molar-refractivity contribution >= 4 is 11.9 Å². The van der Waals surface area contributed by atoms with Gasteiger partial charge in [-0.1, -0.05) is 26.0 Å². The van der Waals surface area contributed by atoms with Crippen LogP contribution in [0.1, 0.15) is 54.6 Å². The Morgan fingerprint density at radius 1 is 1.11 bits per heavy atom. The summed E-state index contributed by atoms with van der Waals surface area (Å²) in [4.78, 5) is 29.9. The molecule has 0 saturated heterocycles. The highest BCUT2D eigenvalue weighted by Crippen LogP contribution is 2.32. The topological polar surface area (TPSA) is 86.8 Å². The molecule has 1 aromatic heterocycles. The average Bonchev–Trinajstić information content (AvgIpc) is 3.74. The standard InChI is InChI=1S/C30H33FN2O5/c1-19(2)13-28(34)38-18-23-5-4-12-32-29(23)22-9-11-26(37-17-20-6-7-20)24(15-22)30(35)33-16-21-8-10-27(36-3)25(31)14-21/h4-5,8-12,14-15,19-20H,6-7,13,16-18H2,1-3H3,(H,33,35). The number of pyridine rings is 1. The molecule has 0 radical (unpaired) electrons. The second-order valence-electron chi connectivity index (χ2n) is 9.89. The molecule has 7 nitrogen and oxygen atoms in total. The molecule has 1 N–H and O–H groups in total. The highest BCUT2D eigenvalue weighted by atomic mass is 19.1. The van der Waals surface area contributed by atoms with Crippen molar-refractivity contribution in [2.24, 2.45) is 11.8 Å². The van der Waals surface area contributed by atoms with Crippen molar-refractivity contribution < 1.29 is 28.2 Å². The molecule has 0 aliphatic heterocycles. The summed E-state index contributed by atoms with van der Waals surface area (Å²) in [7, 11) is 1.40. The van der Waals surface area contributed by atoms with E-state index in [1.165, 1.54) is 19.2 Å². The summed E-state index contributed by atoms with van der Waals surface area (Å²) in [5.74, 6) is 0.213. The van der Waals surface area contributed by atoms with E-state index in [0.29, 0.717) is 47.1 Å². The lowest BCUT2D eigenvalue weighted by atomic mass is 10.0. The monoisotopic (exact) mass is 520 g/mol. The molecule has 4 rings (SSSR count).